The van der Waals surface area contributed by atoms with Crippen molar-refractivity contribution in [3.05, 3.63) is 53.7 Å². The van der Waals surface area contributed by atoms with E-state index >= 15 is 0 Å². The molecule has 23 heavy (non-hydrogen) atoms. The smallest absolute Gasteiger partial charge is 0.255 e. The fraction of sp³-hybridized carbons (Fsp3) is 0.368. The van der Waals surface area contributed by atoms with Crippen LogP contribution in [0.15, 0.2) is 42.6 Å². The Morgan fingerprint density at radius 1 is 1.22 bits per heavy atom. The Labute approximate surface area is 137 Å². The molecule has 1 N–H and O–H groups in total. The van der Waals surface area contributed by atoms with Crippen molar-refractivity contribution >= 4 is 17.4 Å². The molecule has 1 aromatic carbocycles. The Balaban J connectivity index is 2.03. The van der Waals surface area contributed by atoms with Crippen LogP contribution in [0.5, 0.6) is 0 Å². The first-order chi connectivity index (χ1) is 10.9. The molecule has 0 saturated heterocycles. The van der Waals surface area contributed by atoms with Crippen LogP contribution in [0, 0.1) is 0 Å². The number of carbonyl (C=O) groups is 1. The number of aromatic nitrogens is 1. The van der Waals surface area contributed by atoms with Gasteiger partial charge in [-0.2, -0.15) is 0 Å². The molecule has 1 atom stereocenters. The molecule has 0 saturated carbocycles. The van der Waals surface area contributed by atoms with Gasteiger partial charge in [0, 0.05) is 23.5 Å². The van der Waals surface area contributed by atoms with Crippen LogP contribution >= 0.6 is 0 Å². The van der Waals surface area contributed by atoms with E-state index in [9.17, 15) is 4.79 Å². The van der Waals surface area contributed by atoms with Gasteiger partial charge in [-0.25, -0.2) is 4.98 Å². The van der Waals surface area contributed by atoms with Crippen LogP contribution in [-0.4, -0.2) is 22.5 Å². The number of fused-ring (bicyclic) bond motifs is 1. The Morgan fingerprint density at radius 2 is 1.96 bits per heavy atom. The Bertz CT molecular complexity index is 733. The normalized spacial score (nSPS) is 17.0. The van der Waals surface area contributed by atoms with Gasteiger partial charge in [0.25, 0.3) is 5.91 Å². The van der Waals surface area contributed by atoms with Crippen molar-refractivity contribution in [2.24, 2.45) is 0 Å². The third-order valence-corrected chi connectivity index (χ3v) is 3.96. The fourth-order valence-electron chi connectivity index (χ4n) is 3.06. The molecule has 1 aromatic heterocycles. The van der Waals surface area contributed by atoms with E-state index in [2.05, 4.69) is 40.3 Å². The fourth-order valence-corrected chi connectivity index (χ4v) is 3.06. The maximum absolute atomic E-state index is 12.7. The number of hydrogen-bond donors (Lipinski definition) is 1. The van der Waals surface area contributed by atoms with E-state index in [0.29, 0.717) is 5.56 Å². The lowest BCUT2D eigenvalue weighted by Crippen LogP contribution is -2.41. The van der Waals surface area contributed by atoms with Crippen LogP contribution in [-0.2, 0) is 6.42 Å². The SMILES string of the molecule is CC1Cc2ccccc2N1c1ncccc1C(=O)NC(C)(C)C. The topological polar surface area (TPSA) is 45.2 Å². The molecular weight excluding hydrogens is 286 g/mol. The van der Waals surface area contributed by atoms with Gasteiger partial charge < -0.3 is 10.2 Å². The maximum Gasteiger partial charge on any atom is 0.255 e. The average molecular weight is 309 g/mol. The quantitative estimate of drug-likeness (QED) is 0.920. The van der Waals surface area contributed by atoms with Gasteiger partial charge in [0.05, 0.1) is 5.56 Å². The molecule has 0 radical (unpaired) electrons. The molecule has 1 amide bonds. The predicted molar refractivity (Wildman–Crippen MR) is 93.2 cm³/mol. The zero-order valence-electron chi connectivity index (χ0n) is 14.1. The molecule has 2 heterocycles. The molecule has 1 unspecified atom stereocenters. The van der Waals surface area contributed by atoms with E-state index in [-0.39, 0.29) is 17.5 Å². The summed E-state index contributed by atoms with van der Waals surface area (Å²) in [5.74, 6) is 0.642. The van der Waals surface area contributed by atoms with Gasteiger partial charge in [0.15, 0.2) is 0 Å². The monoisotopic (exact) mass is 309 g/mol. The van der Waals surface area contributed by atoms with Crippen LogP contribution < -0.4 is 10.2 Å². The number of amides is 1. The lowest BCUT2D eigenvalue weighted by Gasteiger charge is -2.27. The van der Waals surface area contributed by atoms with Crippen LogP contribution in [0.1, 0.15) is 43.6 Å². The highest BCUT2D eigenvalue weighted by molar-refractivity contribution is 6.00. The molecule has 0 fully saturated rings. The van der Waals surface area contributed by atoms with Crippen molar-refractivity contribution in [2.75, 3.05) is 4.90 Å². The number of rotatable bonds is 2. The van der Waals surface area contributed by atoms with Gasteiger partial charge in [-0.05, 0) is 57.9 Å². The van der Waals surface area contributed by atoms with Gasteiger partial charge in [0.2, 0.25) is 0 Å². The highest BCUT2D eigenvalue weighted by Gasteiger charge is 2.31. The van der Waals surface area contributed by atoms with Gasteiger partial charge in [-0.1, -0.05) is 18.2 Å². The number of nitrogens with one attached hydrogen (secondary N) is 1. The summed E-state index contributed by atoms with van der Waals surface area (Å²) in [7, 11) is 0. The molecule has 3 rings (SSSR count). The van der Waals surface area contributed by atoms with Crippen molar-refractivity contribution in [1.82, 2.24) is 10.3 Å². The Morgan fingerprint density at radius 3 is 2.70 bits per heavy atom. The van der Waals surface area contributed by atoms with Crippen LogP contribution in [0.2, 0.25) is 0 Å². The number of pyridine rings is 1. The number of anilines is 2. The minimum Gasteiger partial charge on any atom is -0.347 e. The summed E-state index contributed by atoms with van der Waals surface area (Å²) >= 11 is 0. The summed E-state index contributed by atoms with van der Waals surface area (Å²) in [6.07, 6.45) is 2.71. The minimum absolute atomic E-state index is 0.0859. The highest BCUT2D eigenvalue weighted by Crippen LogP contribution is 2.38. The van der Waals surface area contributed by atoms with Crippen molar-refractivity contribution in [3.63, 3.8) is 0 Å². The predicted octanol–water partition coefficient (Wildman–Crippen LogP) is 3.69. The molecule has 1 aliphatic heterocycles. The number of para-hydroxylation sites is 1. The van der Waals surface area contributed by atoms with E-state index in [1.807, 2.05) is 39.0 Å². The molecule has 4 nitrogen and oxygen atoms in total. The summed E-state index contributed by atoms with van der Waals surface area (Å²) in [5.41, 5.74) is 2.78. The second-order valence-electron chi connectivity index (χ2n) is 7.13. The molecule has 0 aliphatic carbocycles. The van der Waals surface area contributed by atoms with Crippen LogP contribution in [0.3, 0.4) is 0 Å². The third-order valence-electron chi connectivity index (χ3n) is 3.96. The zero-order chi connectivity index (χ0) is 16.6. The molecule has 120 valence electrons. The van der Waals surface area contributed by atoms with Gasteiger partial charge in [-0.15, -0.1) is 0 Å². The van der Waals surface area contributed by atoms with Gasteiger partial charge >= 0.3 is 0 Å². The second-order valence-corrected chi connectivity index (χ2v) is 7.13. The summed E-state index contributed by atoms with van der Waals surface area (Å²) < 4.78 is 0. The number of hydrogen-bond acceptors (Lipinski definition) is 3. The number of benzene rings is 1. The number of carbonyl (C=O) groups excluding carboxylic acids is 1. The van der Waals surface area contributed by atoms with E-state index in [4.69, 9.17) is 0 Å². The molecular formula is C19H23N3O. The Hall–Kier alpha value is -2.36. The zero-order valence-corrected chi connectivity index (χ0v) is 14.1. The lowest BCUT2D eigenvalue weighted by molar-refractivity contribution is 0.0920. The van der Waals surface area contributed by atoms with Crippen molar-refractivity contribution < 1.29 is 4.79 Å². The van der Waals surface area contributed by atoms with Gasteiger partial charge in [0.1, 0.15) is 5.82 Å². The number of nitrogens with zero attached hydrogens (tertiary/aromatic N) is 2. The summed E-state index contributed by atoms with van der Waals surface area (Å²) in [6, 6.07) is 12.3. The Kier molecular flexibility index (Phi) is 3.84. The minimum atomic E-state index is -0.279. The second kappa shape index (κ2) is 5.69. The van der Waals surface area contributed by atoms with Crippen molar-refractivity contribution in [1.29, 1.82) is 0 Å². The standard InChI is InChI=1S/C19H23N3O/c1-13-12-14-8-5-6-10-16(14)22(13)17-15(9-7-11-20-17)18(23)21-19(2,3)4/h5-11,13H,12H2,1-4H3,(H,21,23). The van der Waals surface area contributed by atoms with E-state index in [1.54, 1.807) is 6.20 Å². The van der Waals surface area contributed by atoms with Crippen molar-refractivity contribution in [3.8, 4) is 0 Å². The highest BCUT2D eigenvalue weighted by atomic mass is 16.1. The average Bonchev–Trinajstić information content (AvgIpc) is 2.81. The third kappa shape index (κ3) is 3.07. The molecule has 4 heteroatoms. The first kappa shape index (κ1) is 15.5. The van der Waals surface area contributed by atoms with E-state index in [1.165, 1.54) is 5.56 Å². The largest absolute Gasteiger partial charge is 0.347 e. The molecule has 2 aromatic rings. The van der Waals surface area contributed by atoms with E-state index in [0.717, 1.165) is 17.9 Å². The lowest BCUT2D eigenvalue weighted by atomic mass is 10.1. The maximum atomic E-state index is 12.7. The van der Waals surface area contributed by atoms with Crippen molar-refractivity contribution in [2.45, 2.75) is 45.7 Å². The summed E-state index contributed by atoms with van der Waals surface area (Å²) in [4.78, 5) is 19.4. The molecule has 1 aliphatic rings. The van der Waals surface area contributed by atoms with E-state index < -0.39 is 0 Å². The molecule has 0 spiro atoms. The van der Waals surface area contributed by atoms with Crippen LogP contribution in [0.25, 0.3) is 0 Å². The first-order valence-electron chi connectivity index (χ1n) is 8.01. The molecule has 0 bridgehead atoms. The summed E-state index contributed by atoms with van der Waals surface area (Å²) in [6.45, 7) is 8.11. The van der Waals surface area contributed by atoms with Gasteiger partial charge in [-0.3, -0.25) is 4.79 Å². The first-order valence-corrected chi connectivity index (χ1v) is 8.01. The summed E-state index contributed by atoms with van der Waals surface area (Å²) in [5, 5.41) is 3.03. The van der Waals surface area contributed by atoms with Crippen LogP contribution in [0.4, 0.5) is 11.5 Å².